The number of carbonyl (C=O) groups is 2. The first-order chi connectivity index (χ1) is 10.3. The lowest BCUT2D eigenvalue weighted by atomic mass is 9.98. The van der Waals surface area contributed by atoms with E-state index in [4.69, 9.17) is 5.73 Å². The van der Waals surface area contributed by atoms with Crippen LogP contribution >= 0.6 is 0 Å². The lowest BCUT2D eigenvalue weighted by molar-refractivity contribution is -0.122. The molecule has 1 aliphatic rings. The van der Waals surface area contributed by atoms with Crippen molar-refractivity contribution >= 4 is 17.5 Å². The molecule has 1 fully saturated rings. The van der Waals surface area contributed by atoms with Crippen LogP contribution in [0.3, 0.4) is 0 Å². The maximum atomic E-state index is 12.6. The van der Waals surface area contributed by atoms with Gasteiger partial charge in [-0.25, -0.2) is 0 Å². The van der Waals surface area contributed by atoms with Gasteiger partial charge in [0.25, 0.3) is 0 Å². The molecular weight excluding hydrogens is 278 g/mol. The van der Waals surface area contributed by atoms with Crippen molar-refractivity contribution in [2.24, 2.45) is 5.73 Å². The van der Waals surface area contributed by atoms with Gasteiger partial charge in [0, 0.05) is 16.8 Å². The van der Waals surface area contributed by atoms with Gasteiger partial charge >= 0.3 is 0 Å². The molecule has 2 rings (SSSR count). The number of primary amides is 1. The van der Waals surface area contributed by atoms with E-state index in [0.717, 1.165) is 25.8 Å². The van der Waals surface area contributed by atoms with Crippen molar-refractivity contribution in [3.05, 3.63) is 29.8 Å². The van der Waals surface area contributed by atoms with E-state index < -0.39 is 5.91 Å². The van der Waals surface area contributed by atoms with E-state index in [2.05, 4.69) is 31.0 Å². The molecule has 3 N–H and O–H groups in total. The summed E-state index contributed by atoms with van der Waals surface area (Å²) in [5.74, 6) is -0.449. The van der Waals surface area contributed by atoms with Crippen LogP contribution in [0.2, 0.25) is 0 Å². The van der Waals surface area contributed by atoms with Crippen LogP contribution in [0.5, 0.6) is 0 Å². The predicted octanol–water partition coefficient (Wildman–Crippen LogP) is 2.38. The molecule has 1 unspecified atom stereocenters. The van der Waals surface area contributed by atoms with Crippen LogP contribution in [-0.2, 0) is 4.79 Å². The molecule has 5 heteroatoms. The molecule has 1 heterocycles. The third-order valence-electron chi connectivity index (χ3n) is 4.64. The Hall–Kier alpha value is -1.88. The van der Waals surface area contributed by atoms with Crippen molar-refractivity contribution in [2.75, 3.05) is 11.9 Å². The van der Waals surface area contributed by atoms with E-state index in [-0.39, 0.29) is 17.5 Å². The van der Waals surface area contributed by atoms with Crippen LogP contribution in [0.25, 0.3) is 0 Å². The summed E-state index contributed by atoms with van der Waals surface area (Å²) in [7, 11) is 0. The maximum Gasteiger partial charge on any atom is 0.248 e. The topological polar surface area (TPSA) is 75.4 Å². The van der Waals surface area contributed by atoms with Gasteiger partial charge in [0.15, 0.2) is 0 Å². The van der Waals surface area contributed by atoms with E-state index in [1.165, 1.54) is 0 Å². The molecule has 0 bridgehead atoms. The zero-order valence-corrected chi connectivity index (χ0v) is 13.6. The molecular formula is C17H25N3O2. The summed E-state index contributed by atoms with van der Waals surface area (Å²) in [5.41, 5.74) is 6.36. The van der Waals surface area contributed by atoms with Gasteiger partial charge in [-0.3, -0.25) is 14.5 Å². The predicted molar refractivity (Wildman–Crippen MR) is 87.7 cm³/mol. The van der Waals surface area contributed by atoms with E-state index in [0.29, 0.717) is 11.3 Å². The Morgan fingerprint density at radius 3 is 2.50 bits per heavy atom. The second-order valence-electron chi connectivity index (χ2n) is 6.45. The molecule has 0 saturated carbocycles. The average molecular weight is 303 g/mol. The van der Waals surface area contributed by atoms with Crippen molar-refractivity contribution < 1.29 is 9.59 Å². The highest BCUT2D eigenvalue weighted by molar-refractivity contribution is 5.96. The van der Waals surface area contributed by atoms with E-state index in [1.807, 2.05) is 0 Å². The Labute approximate surface area is 131 Å². The van der Waals surface area contributed by atoms with Crippen LogP contribution in [0.4, 0.5) is 5.69 Å². The molecule has 5 nitrogen and oxygen atoms in total. The minimum atomic E-state index is -0.468. The molecule has 0 aliphatic carbocycles. The number of benzene rings is 1. The van der Waals surface area contributed by atoms with Gasteiger partial charge in [0.1, 0.15) is 0 Å². The summed E-state index contributed by atoms with van der Waals surface area (Å²) in [4.78, 5) is 25.9. The van der Waals surface area contributed by atoms with Crippen LogP contribution in [-0.4, -0.2) is 34.8 Å². The number of anilines is 1. The summed E-state index contributed by atoms with van der Waals surface area (Å²) in [6, 6.07) is 6.58. The van der Waals surface area contributed by atoms with Gasteiger partial charge in [0.2, 0.25) is 11.8 Å². The van der Waals surface area contributed by atoms with Crippen LogP contribution in [0.1, 0.15) is 50.4 Å². The van der Waals surface area contributed by atoms with E-state index >= 15 is 0 Å². The summed E-state index contributed by atoms with van der Waals surface area (Å²) in [6.45, 7) is 7.47. The molecule has 22 heavy (non-hydrogen) atoms. The Bertz CT molecular complexity index is 552. The number of amides is 2. The first kappa shape index (κ1) is 16.5. The molecule has 0 radical (unpaired) electrons. The number of nitrogens with zero attached hydrogens (tertiary/aromatic N) is 1. The Morgan fingerprint density at radius 1 is 1.32 bits per heavy atom. The van der Waals surface area contributed by atoms with Gasteiger partial charge < -0.3 is 11.1 Å². The number of rotatable bonds is 5. The molecule has 1 aromatic carbocycles. The second kappa shape index (κ2) is 6.48. The summed E-state index contributed by atoms with van der Waals surface area (Å²) in [6.07, 6.45) is 2.93. The number of carbonyl (C=O) groups excluding carboxylic acids is 2. The number of hydrogen-bond acceptors (Lipinski definition) is 3. The van der Waals surface area contributed by atoms with Crippen LogP contribution in [0.15, 0.2) is 24.3 Å². The van der Waals surface area contributed by atoms with E-state index in [1.54, 1.807) is 24.3 Å². The second-order valence-corrected chi connectivity index (χ2v) is 6.45. The minimum absolute atomic E-state index is 0.0193. The number of nitrogens with two attached hydrogens (primary N) is 1. The highest BCUT2D eigenvalue weighted by Crippen LogP contribution is 2.29. The largest absolute Gasteiger partial charge is 0.366 e. The normalized spacial score (nSPS) is 19.1. The Kier molecular flexibility index (Phi) is 4.86. The number of likely N-dealkylation sites (tertiary alicyclic amines) is 1. The van der Waals surface area contributed by atoms with Crippen molar-refractivity contribution in [2.45, 2.75) is 51.6 Å². The lowest BCUT2D eigenvalue weighted by Gasteiger charge is -2.38. The Balaban J connectivity index is 2.06. The summed E-state index contributed by atoms with van der Waals surface area (Å²) >= 11 is 0. The van der Waals surface area contributed by atoms with Gasteiger partial charge in [0.05, 0.1) is 6.04 Å². The monoisotopic (exact) mass is 303 g/mol. The molecule has 1 aromatic rings. The fourth-order valence-corrected chi connectivity index (χ4v) is 2.91. The highest BCUT2D eigenvalue weighted by atomic mass is 16.2. The van der Waals surface area contributed by atoms with Crippen molar-refractivity contribution in [1.82, 2.24) is 4.90 Å². The minimum Gasteiger partial charge on any atom is -0.366 e. The SMILES string of the molecule is CCC(C)(C)N1CCCC1C(=O)Nc1ccc(C(N)=O)cc1. The van der Waals surface area contributed by atoms with Gasteiger partial charge in [-0.1, -0.05) is 6.92 Å². The lowest BCUT2D eigenvalue weighted by Crippen LogP contribution is -2.50. The molecule has 2 amide bonds. The molecule has 120 valence electrons. The molecule has 0 aromatic heterocycles. The number of hydrogen-bond donors (Lipinski definition) is 2. The molecule has 1 aliphatic heterocycles. The maximum absolute atomic E-state index is 12.6. The molecule has 0 spiro atoms. The number of nitrogens with one attached hydrogen (secondary N) is 1. The smallest absolute Gasteiger partial charge is 0.248 e. The van der Waals surface area contributed by atoms with Crippen LogP contribution in [0, 0.1) is 0 Å². The van der Waals surface area contributed by atoms with Crippen molar-refractivity contribution in [1.29, 1.82) is 0 Å². The van der Waals surface area contributed by atoms with Gasteiger partial charge in [-0.15, -0.1) is 0 Å². The highest BCUT2D eigenvalue weighted by Gasteiger charge is 2.38. The fourth-order valence-electron chi connectivity index (χ4n) is 2.91. The standard InChI is InChI=1S/C17H25N3O2/c1-4-17(2,3)20-11-5-6-14(20)16(22)19-13-9-7-12(8-10-13)15(18)21/h7-10,14H,4-6,11H2,1-3H3,(H2,18,21)(H,19,22). The van der Waals surface area contributed by atoms with Crippen LogP contribution < -0.4 is 11.1 Å². The average Bonchev–Trinajstić information content (AvgIpc) is 2.98. The zero-order chi connectivity index (χ0) is 16.3. The first-order valence-electron chi connectivity index (χ1n) is 7.82. The van der Waals surface area contributed by atoms with E-state index in [9.17, 15) is 9.59 Å². The van der Waals surface area contributed by atoms with Gasteiger partial charge in [-0.05, 0) is 63.9 Å². The van der Waals surface area contributed by atoms with Crippen molar-refractivity contribution in [3.8, 4) is 0 Å². The van der Waals surface area contributed by atoms with Gasteiger partial charge in [-0.2, -0.15) is 0 Å². The quantitative estimate of drug-likeness (QED) is 0.877. The summed E-state index contributed by atoms with van der Waals surface area (Å²) < 4.78 is 0. The molecule has 1 saturated heterocycles. The first-order valence-corrected chi connectivity index (χ1v) is 7.82. The summed E-state index contributed by atoms with van der Waals surface area (Å²) in [5, 5.41) is 2.94. The fraction of sp³-hybridized carbons (Fsp3) is 0.529. The Morgan fingerprint density at radius 2 is 1.95 bits per heavy atom. The zero-order valence-electron chi connectivity index (χ0n) is 13.6. The third kappa shape index (κ3) is 3.47. The third-order valence-corrected chi connectivity index (χ3v) is 4.64. The van der Waals surface area contributed by atoms with Crippen molar-refractivity contribution in [3.63, 3.8) is 0 Å². The molecule has 1 atom stereocenters.